The molecule has 21 heavy (non-hydrogen) atoms. The Morgan fingerprint density at radius 1 is 1.19 bits per heavy atom. The van der Waals surface area contributed by atoms with Crippen LogP contribution < -0.4 is 5.32 Å². The first-order valence-electron chi connectivity index (χ1n) is 6.74. The molecule has 6 heteroatoms. The van der Waals surface area contributed by atoms with Crippen LogP contribution >= 0.6 is 12.4 Å². The van der Waals surface area contributed by atoms with Crippen molar-refractivity contribution in [2.45, 2.75) is 19.0 Å². The second kappa shape index (κ2) is 7.43. The summed E-state index contributed by atoms with van der Waals surface area (Å²) < 4.78 is 0. The summed E-state index contributed by atoms with van der Waals surface area (Å²) in [4.78, 5) is 27.0. The molecular weight excluding hydrogens is 290 g/mol. The van der Waals surface area contributed by atoms with E-state index in [1.807, 2.05) is 12.1 Å². The molecule has 1 aromatic carbocycles. The summed E-state index contributed by atoms with van der Waals surface area (Å²) in [6.45, 7) is 0.813. The lowest BCUT2D eigenvalue weighted by Gasteiger charge is -2.29. The van der Waals surface area contributed by atoms with Crippen molar-refractivity contribution in [3.05, 3.63) is 35.4 Å². The number of carbonyl (C=O) groups is 2. The van der Waals surface area contributed by atoms with Gasteiger partial charge in [0.2, 0.25) is 11.8 Å². The summed E-state index contributed by atoms with van der Waals surface area (Å²) in [5.74, 6) is -0.105. The zero-order valence-electron chi connectivity index (χ0n) is 12.6. The molecule has 0 fully saturated rings. The fourth-order valence-corrected chi connectivity index (χ4v) is 2.32. The lowest BCUT2D eigenvalue weighted by molar-refractivity contribution is -0.139. The molecule has 1 unspecified atom stereocenters. The molecule has 0 radical (unpaired) electrons. The van der Waals surface area contributed by atoms with Crippen LogP contribution in [0.4, 0.5) is 0 Å². The largest absolute Gasteiger partial charge is 0.347 e. The maximum Gasteiger partial charge on any atom is 0.241 e. The van der Waals surface area contributed by atoms with E-state index in [0.29, 0.717) is 13.0 Å². The third-order valence-electron chi connectivity index (χ3n) is 3.63. The van der Waals surface area contributed by atoms with Crippen molar-refractivity contribution in [3.63, 3.8) is 0 Å². The van der Waals surface area contributed by atoms with Crippen molar-refractivity contribution < 1.29 is 9.59 Å². The van der Waals surface area contributed by atoms with Crippen LogP contribution in [-0.2, 0) is 22.6 Å². The number of rotatable bonds is 3. The summed E-state index contributed by atoms with van der Waals surface area (Å²) >= 11 is 0. The van der Waals surface area contributed by atoms with Crippen molar-refractivity contribution in [1.82, 2.24) is 15.1 Å². The second-order valence-electron chi connectivity index (χ2n) is 5.39. The van der Waals surface area contributed by atoms with Gasteiger partial charge in [-0.1, -0.05) is 24.3 Å². The van der Waals surface area contributed by atoms with Crippen LogP contribution in [0.25, 0.3) is 0 Å². The summed E-state index contributed by atoms with van der Waals surface area (Å²) in [7, 11) is 5.05. The molecule has 0 spiro atoms. The molecule has 0 aromatic heterocycles. The van der Waals surface area contributed by atoms with Crippen LogP contribution in [0.5, 0.6) is 0 Å². The van der Waals surface area contributed by atoms with Gasteiger partial charge in [0.05, 0.1) is 12.6 Å². The van der Waals surface area contributed by atoms with E-state index >= 15 is 0 Å². The molecule has 116 valence electrons. The summed E-state index contributed by atoms with van der Waals surface area (Å²) in [5, 5.41) is 3.24. The van der Waals surface area contributed by atoms with E-state index in [4.69, 9.17) is 0 Å². The number of fused-ring (bicyclic) bond motifs is 1. The molecular formula is C15H22ClN3O2. The third kappa shape index (κ3) is 4.19. The van der Waals surface area contributed by atoms with E-state index in [9.17, 15) is 9.59 Å². The normalized spacial score (nSPS) is 16.4. The van der Waals surface area contributed by atoms with Crippen molar-refractivity contribution in [2.75, 3.05) is 27.7 Å². The number of nitrogens with one attached hydrogen (secondary N) is 1. The Bertz CT molecular complexity index is 519. The van der Waals surface area contributed by atoms with Gasteiger partial charge in [-0.2, -0.15) is 0 Å². The van der Waals surface area contributed by atoms with Gasteiger partial charge < -0.3 is 15.1 Å². The quantitative estimate of drug-likeness (QED) is 0.892. The first-order chi connectivity index (χ1) is 9.49. The van der Waals surface area contributed by atoms with Crippen LogP contribution in [0.3, 0.4) is 0 Å². The topological polar surface area (TPSA) is 52.7 Å². The monoisotopic (exact) mass is 311 g/mol. The van der Waals surface area contributed by atoms with Gasteiger partial charge in [-0.25, -0.2) is 0 Å². The Labute approximate surface area is 131 Å². The van der Waals surface area contributed by atoms with Gasteiger partial charge in [-0.15, -0.1) is 12.4 Å². The van der Waals surface area contributed by atoms with Crippen LogP contribution in [0.2, 0.25) is 0 Å². The fraction of sp³-hybridized carbons (Fsp3) is 0.467. The van der Waals surface area contributed by atoms with E-state index in [-0.39, 0.29) is 36.8 Å². The van der Waals surface area contributed by atoms with Gasteiger partial charge in [-0.05, 0) is 17.5 Å². The minimum atomic E-state index is -0.245. The Morgan fingerprint density at radius 3 is 2.43 bits per heavy atom. The van der Waals surface area contributed by atoms with Crippen molar-refractivity contribution in [2.24, 2.45) is 0 Å². The molecule has 0 aliphatic carbocycles. The van der Waals surface area contributed by atoms with Gasteiger partial charge in [-0.3, -0.25) is 9.59 Å². The molecule has 1 atom stereocenters. The van der Waals surface area contributed by atoms with Crippen molar-refractivity contribution >= 4 is 24.2 Å². The highest BCUT2D eigenvalue weighted by Crippen LogP contribution is 2.17. The molecule has 0 bridgehead atoms. The number of benzene rings is 1. The van der Waals surface area contributed by atoms with Crippen LogP contribution in [-0.4, -0.2) is 55.3 Å². The van der Waals surface area contributed by atoms with E-state index in [0.717, 1.165) is 0 Å². The minimum Gasteiger partial charge on any atom is -0.347 e. The van der Waals surface area contributed by atoms with Crippen LogP contribution in [0.1, 0.15) is 11.1 Å². The number of halogens is 1. The van der Waals surface area contributed by atoms with E-state index < -0.39 is 0 Å². The van der Waals surface area contributed by atoms with Crippen molar-refractivity contribution in [3.8, 4) is 0 Å². The molecule has 1 aromatic rings. The van der Waals surface area contributed by atoms with Gasteiger partial charge in [0.15, 0.2) is 0 Å². The van der Waals surface area contributed by atoms with E-state index in [1.54, 1.807) is 21.1 Å². The maximum absolute atomic E-state index is 12.4. The predicted molar refractivity (Wildman–Crippen MR) is 84.4 cm³/mol. The van der Waals surface area contributed by atoms with Crippen LogP contribution in [0.15, 0.2) is 24.3 Å². The van der Waals surface area contributed by atoms with Gasteiger partial charge in [0, 0.05) is 27.7 Å². The Hall–Kier alpha value is -1.59. The number of carbonyl (C=O) groups excluding carboxylic acids is 2. The number of hydrogen-bond donors (Lipinski definition) is 1. The number of likely N-dealkylation sites (N-methyl/N-ethyl adjacent to an activating group) is 2. The predicted octanol–water partition coefficient (Wildman–Crippen LogP) is 0.669. The Morgan fingerprint density at radius 2 is 1.81 bits per heavy atom. The van der Waals surface area contributed by atoms with E-state index in [1.165, 1.54) is 20.9 Å². The Balaban J connectivity index is 0.00000220. The third-order valence-corrected chi connectivity index (χ3v) is 3.63. The summed E-state index contributed by atoms with van der Waals surface area (Å²) in [6, 6.07) is 7.88. The SMILES string of the molecule is CN(C)C(=O)CN(C)C(=O)C1Cc2ccccc2CN1.Cl. The van der Waals surface area contributed by atoms with E-state index in [2.05, 4.69) is 17.4 Å². The molecule has 0 saturated heterocycles. The molecule has 1 aliphatic rings. The molecule has 2 rings (SSSR count). The zero-order chi connectivity index (χ0) is 14.7. The molecule has 1 N–H and O–H groups in total. The smallest absolute Gasteiger partial charge is 0.241 e. The minimum absolute atomic E-state index is 0. The van der Waals surface area contributed by atoms with Gasteiger partial charge >= 0.3 is 0 Å². The summed E-state index contributed by atoms with van der Waals surface area (Å²) in [6.07, 6.45) is 0.676. The van der Waals surface area contributed by atoms with Crippen LogP contribution in [0, 0.1) is 0 Å². The first kappa shape index (κ1) is 17.5. The highest BCUT2D eigenvalue weighted by molar-refractivity contribution is 5.87. The molecule has 1 heterocycles. The summed E-state index contributed by atoms with van der Waals surface area (Å²) in [5.41, 5.74) is 2.44. The molecule has 5 nitrogen and oxygen atoms in total. The highest BCUT2D eigenvalue weighted by Gasteiger charge is 2.27. The lowest BCUT2D eigenvalue weighted by atomic mass is 9.95. The van der Waals surface area contributed by atoms with Gasteiger partial charge in [0.1, 0.15) is 0 Å². The number of amides is 2. The van der Waals surface area contributed by atoms with Crippen molar-refractivity contribution in [1.29, 1.82) is 0 Å². The first-order valence-corrected chi connectivity index (χ1v) is 6.74. The average Bonchev–Trinajstić information content (AvgIpc) is 2.45. The fourth-order valence-electron chi connectivity index (χ4n) is 2.32. The Kier molecular flexibility index (Phi) is 6.18. The second-order valence-corrected chi connectivity index (χ2v) is 5.39. The molecule has 2 amide bonds. The average molecular weight is 312 g/mol. The number of hydrogen-bond acceptors (Lipinski definition) is 3. The highest BCUT2D eigenvalue weighted by atomic mass is 35.5. The lowest BCUT2D eigenvalue weighted by Crippen LogP contribution is -2.50. The molecule has 1 aliphatic heterocycles. The maximum atomic E-state index is 12.4. The number of nitrogens with zero attached hydrogens (tertiary/aromatic N) is 2. The van der Waals surface area contributed by atoms with Gasteiger partial charge in [0.25, 0.3) is 0 Å². The zero-order valence-corrected chi connectivity index (χ0v) is 13.4. The molecule has 0 saturated carbocycles. The standard InChI is InChI=1S/C15H21N3O2.ClH/c1-17(2)14(19)10-18(3)15(20)13-8-11-6-4-5-7-12(11)9-16-13;/h4-7,13,16H,8-10H2,1-3H3;1H.